The molecule has 1 unspecified atom stereocenters. The molecule has 3 aromatic carbocycles. The number of hydrogen-bond donors (Lipinski definition) is 0. The Kier molecular flexibility index (Phi) is 4.36. The van der Waals surface area contributed by atoms with Gasteiger partial charge in [-0.15, -0.1) is 0 Å². The Bertz CT molecular complexity index is 1300. The fourth-order valence-electron chi connectivity index (χ4n) is 3.78. The van der Waals surface area contributed by atoms with E-state index in [-0.39, 0.29) is 5.43 Å². The molecule has 0 spiro atoms. The molecule has 0 N–H and O–H groups in total. The molecule has 0 saturated heterocycles. The molecule has 30 heavy (non-hydrogen) atoms. The third kappa shape index (κ3) is 3.14. The second kappa shape index (κ2) is 7.19. The highest BCUT2D eigenvalue weighted by molar-refractivity contribution is 5.85. The molecule has 5 rings (SSSR count). The summed E-state index contributed by atoms with van der Waals surface area (Å²) in [6.07, 6.45) is -0.218. The molecule has 0 amide bonds. The van der Waals surface area contributed by atoms with E-state index in [4.69, 9.17) is 13.9 Å². The van der Waals surface area contributed by atoms with E-state index < -0.39 is 12.1 Å². The number of carbonyl (C=O) groups is 1. The summed E-state index contributed by atoms with van der Waals surface area (Å²) in [5.41, 5.74) is 2.57. The molecule has 2 heterocycles. The fraction of sp³-hybridized carbons (Fsp3) is 0.120. The van der Waals surface area contributed by atoms with Gasteiger partial charge in [-0.25, -0.2) is 4.79 Å². The normalized spacial score (nSPS) is 14.9. The highest BCUT2D eigenvalue weighted by atomic mass is 16.6. The maximum Gasteiger partial charge on any atom is 0.353 e. The fourth-order valence-corrected chi connectivity index (χ4v) is 3.78. The van der Waals surface area contributed by atoms with Crippen LogP contribution >= 0.6 is 0 Å². The Balaban J connectivity index is 1.43. The van der Waals surface area contributed by atoms with Crippen molar-refractivity contribution in [1.29, 1.82) is 0 Å². The zero-order valence-corrected chi connectivity index (χ0v) is 16.3. The molecule has 1 aromatic heterocycles. The van der Waals surface area contributed by atoms with Gasteiger partial charge in [-0.05, 0) is 36.2 Å². The summed E-state index contributed by atoms with van der Waals surface area (Å²) < 4.78 is 17.1. The van der Waals surface area contributed by atoms with Gasteiger partial charge < -0.3 is 13.9 Å². The minimum Gasteiger partial charge on any atom is -0.478 e. The number of hydrogen-bond acceptors (Lipinski definition) is 5. The van der Waals surface area contributed by atoms with Crippen LogP contribution in [0.25, 0.3) is 22.1 Å². The quantitative estimate of drug-likeness (QED) is 0.370. The summed E-state index contributed by atoms with van der Waals surface area (Å²) in [7, 11) is 0. The number of fused-ring (bicyclic) bond motifs is 2. The van der Waals surface area contributed by atoms with Crippen LogP contribution in [0.3, 0.4) is 0 Å². The predicted octanol–water partition coefficient (Wildman–Crippen LogP) is 4.68. The van der Waals surface area contributed by atoms with E-state index in [9.17, 15) is 9.59 Å². The molecular weight excluding hydrogens is 380 g/mol. The number of ether oxygens (including phenoxy) is 2. The lowest BCUT2D eigenvalue weighted by Crippen LogP contribution is -2.29. The summed E-state index contributed by atoms with van der Waals surface area (Å²) >= 11 is 0. The topological polar surface area (TPSA) is 65.7 Å². The van der Waals surface area contributed by atoms with Crippen molar-refractivity contribution in [2.75, 3.05) is 0 Å². The molecule has 5 heteroatoms. The summed E-state index contributed by atoms with van der Waals surface area (Å²) in [4.78, 5) is 25.6. The molecule has 0 bridgehead atoms. The Morgan fingerprint density at radius 3 is 2.57 bits per heavy atom. The molecule has 0 saturated carbocycles. The SMILES string of the molecule is Cc1oc2cc(OC(=O)C3Cc4ccccc4O3)ccc2c(=O)c1-c1ccccc1. The Hall–Kier alpha value is -3.86. The third-order valence-electron chi connectivity index (χ3n) is 5.23. The molecular formula is C25H18O5. The molecule has 0 fully saturated rings. The summed E-state index contributed by atoms with van der Waals surface area (Å²) in [6.45, 7) is 1.76. The number of para-hydroxylation sites is 1. The maximum atomic E-state index is 13.0. The maximum absolute atomic E-state index is 13.0. The van der Waals surface area contributed by atoms with Crippen LogP contribution in [0.1, 0.15) is 11.3 Å². The molecule has 1 atom stereocenters. The zero-order valence-electron chi connectivity index (χ0n) is 16.3. The highest BCUT2D eigenvalue weighted by Gasteiger charge is 2.30. The number of carbonyl (C=O) groups excluding carboxylic acids is 1. The first kappa shape index (κ1) is 18.2. The first-order valence-corrected chi connectivity index (χ1v) is 9.69. The van der Waals surface area contributed by atoms with Crippen LogP contribution in [0.5, 0.6) is 11.5 Å². The number of rotatable bonds is 3. The predicted molar refractivity (Wildman–Crippen MR) is 113 cm³/mol. The highest BCUT2D eigenvalue weighted by Crippen LogP contribution is 2.30. The van der Waals surface area contributed by atoms with Gasteiger partial charge in [0.05, 0.1) is 10.9 Å². The van der Waals surface area contributed by atoms with Gasteiger partial charge in [0.1, 0.15) is 22.8 Å². The Labute approximate surface area is 172 Å². The van der Waals surface area contributed by atoms with Gasteiger partial charge >= 0.3 is 5.97 Å². The van der Waals surface area contributed by atoms with Crippen LogP contribution in [0.2, 0.25) is 0 Å². The molecule has 4 aromatic rings. The van der Waals surface area contributed by atoms with E-state index in [2.05, 4.69) is 0 Å². The van der Waals surface area contributed by atoms with Crippen LogP contribution in [0.4, 0.5) is 0 Å². The number of aryl methyl sites for hydroxylation is 1. The van der Waals surface area contributed by atoms with Crippen molar-refractivity contribution in [2.24, 2.45) is 0 Å². The van der Waals surface area contributed by atoms with Crippen LogP contribution in [0.15, 0.2) is 82.0 Å². The van der Waals surface area contributed by atoms with Crippen molar-refractivity contribution in [3.05, 3.63) is 94.3 Å². The first-order chi connectivity index (χ1) is 14.6. The molecule has 0 aliphatic carbocycles. The lowest BCUT2D eigenvalue weighted by atomic mass is 10.0. The van der Waals surface area contributed by atoms with Gasteiger partial charge in [-0.1, -0.05) is 48.5 Å². The monoisotopic (exact) mass is 398 g/mol. The molecule has 1 aliphatic heterocycles. The summed E-state index contributed by atoms with van der Waals surface area (Å²) in [5.74, 6) is 1.04. The number of esters is 1. The van der Waals surface area contributed by atoms with Crippen LogP contribution in [-0.2, 0) is 11.2 Å². The average molecular weight is 398 g/mol. The lowest BCUT2D eigenvalue weighted by Gasteiger charge is -2.11. The van der Waals surface area contributed by atoms with E-state index in [0.29, 0.717) is 40.2 Å². The van der Waals surface area contributed by atoms with Crippen molar-refractivity contribution in [3.63, 3.8) is 0 Å². The van der Waals surface area contributed by atoms with Crippen molar-refractivity contribution in [1.82, 2.24) is 0 Å². The molecule has 1 aliphatic rings. The van der Waals surface area contributed by atoms with Crippen molar-refractivity contribution in [3.8, 4) is 22.6 Å². The first-order valence-electron chi connectivity index (χ1n) is 9.69. The zero-order chi connectivity index (χ0) is 20.7. The van der Waals surface area contributed by atoms with E-state index in [1.165, 1.54) is 0 Å². The summed E-state index contributed by atoms with van der Waals surface area (Å²) in [6, 6.07) is 21.7. The third-order valence-corrected chi connectivity index (χ3v) is 5.23. The van der Waals surface area contributed by atoms with Gasteiger partial charge in [0.15, 0.2) is 6.10 Å². The Morgan fingerprint density at radius 1 is 1.00 bits per heavy atom. The van der Waals surface area contributed by atoms with Crippen molar-refractivity contribution < 1.29 is 18.7 Å². The van der Waals surface area contributed by atoms with Gasteiger partial charge in [-0.3, -0.25) is 4.79 Å². The average Bonchev–Trinajstić information content (AvgIpc) is 3.19. The van der Waals surface area contributed by atoms with Crippen LogP contribution in [0, 0.1) is 6.92 Å². The second-order valence-corrected chi connectivity index (χ2v) is 7.23. The van der Waals surface area contributed by atoms with Gasteiger partial charge in [0.25, 0.3) is 0 Å². The minimum absolute atomic E-state index is 0.118. The molecule has 148 valence electrons. The standard InChI is InChI=1S/C25H18O5/c1-15-23(16-7-3-2-4-8-16)24(26)19-12-11-18(14-21(19)28-15)29-25(27)22-13-17-9-5-6-10-20(17)30-22/h2-12,14,22H,13H2,1H3. The molecule has 5 nitrogen and oxygen atoms in total. The van der Waals surface area contributed by atoms with Gasteiger partial charge in [-0.2, -0.15) is 0 Å². The second-order valence-electron chi connectivity index (χ2n) is 7.23. The van der Waals surface area contributed by atoms with E-state index >= 15 is 0 Å². The lowest BCUT2D eigenvalue weighted by molar-refractivity contribution is -0.141. The van der Waals surface area contributed by atoms with E-state index in [1.54, 1.807) is 25.1 Å². The largest absolute Gasteiger partial charge is 0.478 e. The van der Waals surface area contributed by atoms with Gasteiger partial charge in [0, 0.05) is 12.5 Å². The Morgan fingerprint density at radius 2 is 1.77 bits per heavy atom. The van der Waals surface area contributed by atoms with Crippen LogP contribution in [-0.4, -0.2) is 12.1 Å². The molecule has 0 radical (unpaired) electrons. The smallest absolute Gasteiger partial charge is 0.353 e. The van der Waals surface area contributed by atoms with Crippen molar-refractivity contribution in [2.45, 2.75) is 19.4 Å². The van der Waals surface area contributed by atoms with Crippen molar-refractivity contribution >= 4 is 16.9 Å². The van der Waals surface area contributed by atoms with Crippen LogP contribution < -0.4 is 14.9 Å². The summed E-state index contributed by atoms with van der Waals surface area (Å²) in [5, 5.41) is 0.434. The van der Waals surface area contributed by atoms with E-state index in [1.807, 2.05) is 54.6 Å². The van der Waals surface area contributed by atoms with E-state index in [0.717, 1.165) is 11.1 Å². The minimum atomic E-state index is -0.688. The van der Waals surface area contributed by atoms with Gasteiger partial charge in [0.2, 0.25) is 5.43 Å². The number of benzene rings is 3.